The van der Waals surface area contributed by atoms with E-state index in [-0.39, 0.29) is 0 Å². The Balaban J connectivity index is 1.67. The fourth-order valence-corrected chi connectivity index (χ4v) is 3.17. The molecule has 2 aromatic carbocycles. The minimum absolute atomic E-state index is 0.431. The number of nitrogens with two attached hydrogens (primary N) is 1. The standard InChI is InChI=1S/C24H31N7O/c1-18(2)16-26-24(28-17-27-21-6-4-5-19(15-21)23(25)32)29-20-7-9-22(10-8-20)31-13-11-30(3)12-14-31/h4-10,15-17H,11-14H2,1-3H3,(H2,25,32)(H2,26,27,28,29). The molecule has 0 aromatic heterocycles. The van der Waals surface area contributed by atoms with Gasteiger partial charge in [-0.25, -0.2) is 9.98 Å². The molecule has 0 unspecified atom stereocenters. The molecule has 8 heteroatoms. The number of guanidine groups is 1. The number of rotatable bonds is 6. The van der Waals surface area contributed by atoms with E-state index in [0.717, 1.165) is 37.4 Å². The number of primary amides is 1. The lowest BCUT2D eigenvalue weighted by Gasteiger charge is -2.34. The average molecular weight is 434 g/mol. The number of piperazine rings is 1. The molecule has 1 heterocycles. The van der Waals surface area contributed by atoms with Crippen LogP contribution in [0.1, 0.15) is 24.2 Å². The largest absolute Gasteiger partial charge is 0.369 e. The summed E-state index contributed by atoms with van der Waals surface area (Å²) >= 11 is 0. The Morgan fingerprint density at radius 2 is 1.75 bits per heavy atom. The van der Waals surface area contributed by atoms with E-state index >= 15 is 0 Å². The molecule has 0 saturated carbocycles. The Morgan fingerprint density at radius 3 is 2.41 bits per heavy atom. The molecule has 0 spiro atoms. The van der Waals surface area contributed by atoms with E-state index in [1.807, 2.05) is 32.0 Å². The Bertz CT molecular complexity index is 999. The molecule has 4 N–H and O–H groups in total. The highest BCUT2D eigenvalue weighted by atomic mass is 16.1. The summed E-state index contributed by atoms with van der Waals surface area (Å²) in [5.41, 5.74) is 9.65. The number of nitrogens with zero attached hydrogens (tertiary/aromatic N) is 4. The van der Waals surface area contributed by atoms with E-state index in [0.29, 0.717) is 17.2 Å². The Labute approximate surface area is 189 Å². The monoisotopic (exact) mass is 433 g/mol. The van der Waals surface area contributed by atoms with E-state index in [1.54, 1.807) is 24.4 Å². The zero-order valence-corrected chi connectivity index (χ0v) is 18.9. The number of hydrogen-bond acceptors (Lipinski definition) is 4. The van der Waals surface area contributed by atoms with Crippen molar-refractivity contribution in [1.82, 2.24) is 4.90 Å². The van der Waals surface area contributed by atoms with Crippen LogP contribution in [0.4, 0.5) is 17.1 Å². The summed E-state index contributed by atoms with van der Waals surface area (Å²) in [7, 11) is 2.15. The first-order chi connectivity index (χ1) is 15.4. The number of allylic oxidation sites excluding steroid dienone is 1. The highest BCUT2D eigenvalue weighted by molar-refractivity contribution is 6.00. The molecular formula is C24H31N7O. The Kier molecular flexibility index (Phi) is 7.99. The maximum atomic E-state index is 11.3. The molecule has 1 saturated heterocycles. The van der Waals surface area contributed by atoms with Crippen LogP contribution in [-0.4, -0.2) is 56.3 Å². The lowest BCUT2D eigenvalue weighted by molar-refractivity contribution is 0.100. The summed E-state index contributed by atoms with van der Waals surface area (Å²) in [6, 6.07) is 15.2. The molecule has 168 valence electrons. The molecule has 2 aromatic rings. The van der Waals surface area contributed by atoms with Gasteiger partial charge in [-0.05, 0) is 63.4 Å². The zero-order valence-electron chi connectivity index (χ0n) is 18.9. The minimum atomic E-state index is -0.474. The molecule has 0 atom stereocenters. The summed E-state index contributed by atoms with van der Waals surface area (Å²) in [6.45, 7) is 8.16. The molecule has 3 rings (SSSR count). The summed E-state index contributed by atoms with van der Waals surface area (Å²) in [5, 5.41) is 6.30. The van der Waals surface area contributed by atoms with Crippen molar-refractivity contribution >= 4 is 35.3 Å². The minimum Gasteiger partial charge on any atom is -0.369 e. The molecule has 0 aliphatic carbocycles. The third-order valence-electron chi connectivity index (χ3n) is 5.00. The lowest BCUT2D eigenvalue weighted by Crippen LogP contribution is -2.44. The number of anilines is 3. The SMILES string of the molecule is CC(C)=CN=C(/N=C/Nc1cccc(C(N)=O)c1)Nc1ccc(N2CCN(C)CC2)cc1. The molecular weight excluding hydrogens is 402 g/mol. The van der Waals surface area contributed by atoms with Gasteiger partial charge in [0, 0.05) is 55.0 Å². The van der Waals surface area contributed by atoms with E-state index in [4.69, 9.17) is 5.73 Å². The third kappa shape index (κ3) is 6.95. The first-order valence-corrected chi connectivity index (χ1v) is 10.6. The van der Waals surface area contributed by atoms with Gasteiger partial charge in [0.25, 0.3) is 0 Å². The van der Waals surface area contributed by atoms with E-state index in [2.05, 4.69) is 49.6 Å². The number of likely N-dealkylation sites (N-methyl/N-ethyl adjacent to an activating group) is 1. The second kappa shape index (κ2) is 11.1. The first kappa shape index (κ1) is 23.0. The molecule has 8 nitrogen and oxygen atoms in total. The van der Waals surface area contributed by atoms with Crippen LogP contribution in [0.2, 0.25) is 0 Å². The van der Waals surface area contributed by atoms with Crippen molar-refractivity contribution in [3.05, 3.63) is 65.9 Å². The number of nitrogens with one attached hydrogen (secondary N) is 2. The number of benzene rings is 2. The van der Waals surface area contributed by atoms with Crippen molar-refractivity contribution in [3.8, 4) is 0 Å². The number of aliphatic imine (C=N–C) groups is 2. The normalized spacial score (nSPS) is 15.0. The topological polar surface area (TPSA) is 98.3 Å². The Morgan fingerprint density at radius 1 is 1.03 bits per heavy atom. The lowest BCUT2D eigenvalue weighted by atomic mass is 10.2. The van der Waals surface area contributed by atoms with Crippen LogP contribution in [0, 0.1) is 0 Å². The van der Waals surface area contributed by atoms with Gasteiger partial charge in [0.15, 0.2) is 0 Å². The third-order valence-corrected chi connectivity index (χ3v) is 5.00. The molecule has 1 fully saturated rings. The zero-order chi connectivity index (χ0) is 22.9. The highest BCUT2D eigenvalue weighted by Gasteiger charge is 2.14. The predicted octanol–water partition coefficient (Wildman–Crippen LogP) is 3.37. The van der Waals surface area contributed by atoms with Gasteiger partial charge in [0.1, 0.15) is 0 Å². The van der Waals surface area contributed by atoms with Crippen LogP contribution in [0.5, 0.6) is 0 Å². The molecule has 0 bridgehead atoms. The highest BCUT2D eigenvalue weighted by Crippen LogP contribution is 2.19. The van der Waals surface area contributed by atoms with Crippen LogP contribution in [-0.2, 0) is 0 Å². The van der Waals surface area contributed by atoms with Crippen molar-refractivity contribution < 1.29 is 4.79 Å². The van der Waals surface area contributed by atoms with Crippen molar-refractivity contribution in [1.29, 1.82) is 0 Å². The van der Waals surface area contributed by atoms with Gasteiger partial charge in [-0.1, -0.05) is 11.6 Å². The predicted molar refractivity (Wildman–Crippen MR) is 134 cm³/mol. The molecule has 1 aliphatic heterocycles. The summed E-state index contributed by atoms with van der Waals surface area (Å²) in [5.74, 6) is -0.0322. The Hall–Kier alpha value is -3.65. The van der Waals surface area contributed by atoms with Gasteiger partial charge in [-0.15, -0.1) is 0 Å². The maximum Gasteiger partial charge on any atom is 0.248 e. The van der Waals surface area contributed by atoms with Crippen LogP contribution in [0.15, 0.2) is 70.3 Å². The number of hydrogen-bond donors (Lipinski definition) is 3. The van der Waals surface area contributed by atoms with E-state index < -0.39 is 5.91 Å². The van der Waals surface area contributed by atoms with Gasteiger partial charge in [-0.3, -0.25) is 4.79 Å². The molecule has 0 radical (unpaired) electrons. The molecule has 1 amide bonds. The second-order valence-electron chi connectivity index (χ2n) is 7.97. The van der Waals surface area contributed by atoms with Crippen LogP contribution in [0.25, 0.3) is 0 Å². The summed E-state index contributed by atoms with van der Waals surface area (Å²) in [4.78, 5) is 24.9. The van der Waals surface area contributed by atoms with Gasteiger partial charge < -0.3 is 26.2 Å². The van der Waals surface area contributed by atoms with Crippen LogP contribution in [0.3, 0.4) is 0 Å². The van der Waals surface area contributed by atoms with Gasteiger partial charge in [0.2, 0.25) is 11.9 Å². The van der Waals surface area contributed by atoms with Gasteiger partial charge in [-0.2, -0.15) is 0 Å². The van der Waals surface area contributed by atoms with Gasteiger partial charge >= 0.3 is 0 Å². The fraction of sp³-hybridized carbons (Fsp3) is 0.292. The number of amides is 1. The summed E-state index contributed by atoms with van der Waals surface area (Å²) < 4.78 is 0. The van der Waals surface area contributed by atoms with Crippen LogP contribution >= 0.6 is 0 Å². The smallest absolute Gasteiger partial charge is 0.248 e. The van der Waals surface area contributed by atoms with Crippen molar-refractivity contribution in [2.75, 3.05) is 48.8 Å². The van der Waals surface area contributed by atoms with Crippen molar-refractivity contribution in [2.24, 2.45) is 15.7 Å². The summed E-state index contributed by atoms with van der Waals surface area (Å²) in [6.07, 6.45) is 3.29. The van der Waals surface area contributed by atoms with Crippen LogP contribution < -0.4 is 21.3 Å². The van der Waals surface area contributed by atoms with Crippen molar-refractivity contribution in [2.45, 2.75) is 13.8 Å². The number of carbonyl (C=O) groups excluding carboxylic acids is 1. The van der Waals surface area contributed by atoms with Crippen molar-refractivity contribution in [3.63, 3.8) is 0 Å². The van der Waals surface area contributed by atoms with Gasteiger partial charge in [0.05, 0.1) is 6.34 Å². The van der Waals surface area contributed by atoms with E-state index in [1.165, 1.54) is 12.0 Å². The second-order valence-corrected chi connectivity index (χ2v) is 7.97. The average Bonchev–Trinajstić information content (AvgIpc) is 2.78. The number of carbonyl (C=O) groups is 1. The first-order valence-electron chi connectivity index (χ1n) is 10.6. The quantitative estimate of drug-likeness (QED) is 0.479. The van der Waals surface area contributed by atoms with E-state index in [9.17, 15) is 4.79 Å². The molecule has 32 heavy (non-hydrogen) atoms. The molecule has 1 aliphatic rings. The maximum absolute atomic E-state index is 11.3. The fourth-order valence-electron chi connectivity index (χ4n) is 3.17.